The van der Waals surface area contributed by atoms with Crippen molar-refractivity contribution in [3.05, 3.63) is 95.6 Å². The Balaban J connectivity index is 1.31. The fourth-order valence-corrected chi connectivity index (χ4v) is 6.32. The summed E-state index contributed by atoms with van der Waals surface area (Å²) in [6, 6.07) is 21.0. The molecule has 0 bridgehead atoms. The van der Waals surface area contributed by atoms with Crippen LogP contribution in [0.5, 0.6) is 0 Å². The Morgan fingerprint density at radius 1 is 0.976 bits per heavy atom. The second-order valence-electron chi connectivity index (χ2n) is 11.7. The summed E-state index contributed by atoms with van der Waals surface area (Å²) < 4.78 is 21.2. The molecule has 42 heavy (non-hydrogen) atoms. The highest BCUT2D eigenvalue weighted by Crippen LogP contribution is 2.48. The van der Waals surface area contributed by atoms with E-state index in [4.69, 9.17) is 4.74 Å². The first-order valence-corrected chi connectivity index (χ1v) is 15.6. The van der Waals surface area contributed by atoms with Gasteiger partial charge in [-0.1, -0.05) is 61.7 Å². The van der Waals surface area contributed by atoms with Crippen LogP contribution in [-0.2, 0) is 27.4 Å². The SMILES string of the molecule is CCOCCCN(CC(=O)N(Cc1cccn1Cc1ccc(F)cc1)C1CCCCC1)C(=O)C1C[C@H]1c1ccccc1. The molecule has 0 radical (unpaired) electrons. The third-order valence-corrected chi connectivity index (χ3v) is 8.75. The van der Waals surface area contributed by atoms with Gasteiger partial charge in [0, 0.05) is 50.2 Å². The molecular formula is C35H44FN3O3. The molecule has 2 aliphatic carbocycles. The summed E-state index contributed by atoms with van der Waals surface area (Å²) in [7, 11) is 0. The minimum atomic E-state index is -0.248. The fraction of sp³-hybridized carbons (Fsp3) is 0.486. The zero-order chi connectivity index (χ0) is 29.3. The van der Waals surface area contributed by atoms with Crippen molar-refractivity contribution in [2.45, 2.75) is 76.9 Å². The molecule has 0 saturated heterocycles. The molecule has 0 N–H and O–H groups in total. The van der Waals surface area contributed by atoms with Gasteiger partial charge in [-0.3, -0.25) is 9.59 Å². The van der Waals surface area contributed by atoms with Gasteiger partial charge in [0.25, 0.3) is 0 Å². The van der Waals surface area contributed by atoms with E-state index in [0.29, 0.717) is 39.3 Å². The lowest BCUT2D eigenvalue weighted by Crippen LogP contribution is -2.48. The van der Waals surface area contributed by atoms with Crippen LogP contribution in [0.4, 0.5) is 4.39 Å². The maximum Gasteiger partial charge on any atom is 0.242 e. The third kappa shape index (κ3) is 7.88. The molecule has 7 heteroatoms. The monoisotopic (exact) mass is 573 g/mol. The molecule has 2 amide bonds. The van der Waals surface area contributed by atoms with Crippen LogP contribution in [0.2, 0.25) is 0 Å². The molecule has 1 aromatic heterocycles. The van der Waals surface area contributed by atoms with Crippen LogP contribution in [0, 0.1) is 11.7 Å². The Morgan fingerprint density at radius 2 is 1.74 bits per heavy atom. The van der Waals surface area contributed by atoms with E-state index in [9.17, 15) is 14.0 Å². The van der Waals surface area contributed by atoms with E-state index in [1.54, 1.807) is 17.0 Å². The van der Waals surface area contributed by atoms with Crippen molar-refractivity contribution in [2.75, 3.05) is 26.3 Å². The van der Waals surface area contributed by atoms with Gasteiger partial charge in [-0.2, -0.15) is 0 Å². The molecule has 6 nitrogen and oxygen atoms in total. The summed E-state index contributed by atoms with van der Waals surface area (Å²) in [5.74, 6) is 0.00743. The van der Waals surface area contributed by atoms with Crippen molar-refractivity contribution in [1.29, 1.82) is 0 Å². The van der Waals surface area contributed by atoms with Crippen LogP contribution in [-0.4, -0.2) is 58.5 Å². The van der Waals surface area contributed by atoms with Crippen molar-refractivity contribution in [3.8, 4) is 0 Å². The number of carbonyl (C=O) groups excluding carboxylic acids is 2. The first-order chi connectivity index (χ1) is 20.5. The van der Waals surface area contributed by atoms with E-state index in [1.807, 2.05) is 42.3 Å². The third-order valence-electron chi connectivity index (χ3n) is 8.75. The molecule has 0 spiro atoms. The second kappa shape index (κ2) is 14.6. The Hall–Kier alpha value is -3.45. The minimum Gasteiger partial charge on any atom is -0.382 e. The van der Waals surface area contributed by atoms with Gasteiger partial charge in [-0.05, 0) is 73.9 Å². The van der Waals surface area contributed by atoms with Crippen LogP contribution < -0.4 is 0 Å². The van der Waals surface area contributed by atoms with Crippen LogP contribution in [0.15, 0.2) is 72.9 Å². The number of hydrogen-bond donors (Lipinski definition) is 0. The average Bonchev–Trinajstić information content (AvgIpc) is 3.71. The molecule has 0 aliphatic heterocycles. The molecule has 1 heterocycles. The number of halogens is 1. The second-order valence-corrected chi connectivity index (χ2v) is 11.7. The predicted octanol–water partition coefficient (Wildman–Crippen LogP) is 6.40. The molecule has 5 rings (SSSR count). The average molecular weight is 574 g/mol. The normalized spacial score (nSPS) is 18.5. The lowest BCUT2D eigenvalue weighted by Gasteiger charge is -2.36. The van der Waals surface area contributed by atoms with Crippen LogP contribution >= 0.6 is 0 Å². The van der Waals surface area contributed by atoms with E-state index >= 15 is 0 Å². The quantitative estimate of drug-likeness (QED) is 0.210. The molecule has 1 unspecified atom stereocenters. The standard InChI is InChI=1S/C35H44FN3O3/c1-2-42-22-10-21-38(35(41)33-23-32(33)28-11-5-3-6-12-28)26-34(40)39(30-13-7-4-8-14-30)25-31-15-9-20-37(31)24-27-16-18-29(36)19-17-27/h3,5-6,9,11-12,15-20,30,32-33H,2,4,7-8,10,13-14,21-26H2,1H3/t32-,33?/m0/s1. The van der Waals surface area contributed by atoms with Crippen molar-refractivity contribution in [2.24, 2.45) is 5.92 Å². The van der Waals surface area contributed by atoms with Gasteiger partial charge >= 0.3 is 0 Å². The first-order valence-electron chi connectivity index (χ1n) is 15.6. The molecule has 2 aliphatic rings. The highest BCUT2D eigenvalue weighted by atomic mass is 19.1. The number of carbonyl (C=O) groups is 2. The molecular weight excluding hydrogens is 529 g/mol. The van der Waals surface area contributed by atoms with E-state index in [-0.39, 0.29) is 42.1 Å². The number of hydrogen-bond acceptors (Lipinski definition) is 3. The highest BCUT2D eigenvalue weighted by Gasteiger charge is 2.46. The molecule has 3 aromatic rings. The number of rotatable bonds is 14. The van der Waals surface area contributed by atoms with Crippen LogP contribution in [0.25, 0.3) is 0 Å². The Bertz CT molecular complexity index is 1290. The van der Waals surface area contributed by atoms with E-state index in [0.717, 1.165) is 43.4 Å². The van der Waals surface area contributed by atoms with Gasteiger partial charge < -0.3 is 19.1 Å². The first kappa shape index (κ1) is 30.0. The lowest BCUT2D eigenvalue weighted by molar-refractivity contribution is -0.143. The van der Waals surface area contributed by atoms with E-state index in [2.05, 4.69) is 22.8 Å². The number of aromatic nitrogens is 1. The van der Waals surface area contributed by atoms with E-state index in [1.165, 1.54) is 24.1 Å². The Kier molecular flexibility index (Phi) is 10.5. The van der Waals surface area contributed by atoms with Gasteiger partial charge in [-0.15, -0.1) is 0 Å². The fourth-order valence-electron chi connectivity index (χ4n) is 6.32. The zero-order valence-electron chi connectivity index (χ0n) is 24.8. The van der Waals surface area contributed by atoms with Crippen molar-refractivity contribution < 1.29 is 18.7 Å². The summed E-state index contributed by atoms with van der Waals surface area (Å²) in [5.41, 5.74) is 3.24. The molecule has 2 fully saturated rings. The summed E-state index contributed by atoms with van der Waals surface area (Å²) in [6.45, 7) is 4.90. The number of ether oxygens (including phenoxy) is 1. The van der Waals surface area contributed by atoms with Crippen LogP contribution in [0.3, 0.4) is 0 Å². The summed E-state index contributed by atoms with van der Waals surface area (Å²) >= 11 is 0. The molecule has 2 atom stereocenters. The predicted molar refractivity (Wildman–Crippen MR) is 162 cm³/mol. The van der Waals surface area contributed by atoms with Crippen molar-refractivity contribution in [3.63, 3.8) is 0 Å². The van der Waals surface area contributed by atoms with Crippen LogP contribution in [0.1, 0.15) is 74.6 Å². The Morgan fingerprint density at radius 3 is 2.48 bits per heavy atom. The minimum absolute atomic E-state index is 0.0121. The summed E-state index contributed by atoms with van der Waals surface area (Å²) in [4.78, 5) is 31.7. The topological polar surface area (TPSA) is 54.8 Å². The van der Waals surface area contributed by atoms with Gasteiger partial charge in [-0.25, -0.2) is 4.39 Å². The van der Waals surface area contributed by atoms with Crippen molar-refractivity contribution >= 4 is 11.8 Å². The molecule has 2 aromatic carbocycles. The molecule has 2 saturated carbocycles. The largest absolute Gasteiger partial charge is 0.382 e. The maximum absolute atomic E-state index is 14.1. The van der Waals surface area contributed by atoms with E-state index < -0.39 is 0 Å². The maximum atomic E-state index is 14.1. The number of nitrogens with zero attached hydrogens (tertiary/aromatic N) is 3. The van der Waals surface area contributed by atoms with Crippen molar-refractivity contribution in [1.82, 2.24) is 14.4 Å². The molecule has 224 valence electrons. The summed E-state index contributed by atoms with van der Waals surface area (Å²) in [5, 5.41) is 0. The lowest BCUT2D eigenvalue weighted by atomic mass is 9.94. The number of amides is 2. The van der Waals surface area contributed by atoms with Gasteiger partial charge in [0.2, 0.25) is 11.8 Å². The smallest absolute Gasteiger partial charge is 0.242 e. The van der Waals surface area contributed by atoms with Gasteiger partial charge in [0.15, 0.2) is 0 Å². The summed E-state index contributed by atoms with van der Waals surface area (Å²) in [6.07, 6.45) is 8.96. The number of benzene rings is 2. The zero-order valence-corrected chi connectivity index (χ0v) is 24.8. The highest BCUT2D eigenvalue weighted by molar-refractivity contribution is 5.88. The van der Waals surface area contributed by atoms with Gasteiger partial charge in [0.05, 0.1) is 13.1 Å². The Labute approximate surface area is 249 Å². The van der Waals surface area contributed by atoms with Gasteiger partial charge in [0.1, 0.15) is 5.82 Å².